The Hall–Kier alpha value is -2.01. The lowest BCUT2D eigenvalue weighted by molar-refractivity contribution is 0.0951. The van der Waals surface area contributed by atoms with Crippen molar-refractivity contribution in [2.45, 2.75) is 20.4 Å². The number of aromatic nitrogens is 2. The standard InChI is InChI=1S/C14H17ClN4O/c1-8-13(9(2)19(3)18-8)7-17-14(20)10-4-11(15)6-12(16)5-10/h4-6H,7,16H2,1-3H3,(H,17,20). The Bertz CT molecular complexity index is 643. The van der Waals surface area contributed by atoms with E-state index < -0.39 is 0 Å². The Balaban J connectivity index is 2.12. The number of nitrogens with zero attached hydrogens (tertiary/aromatic N) is 2. The molecule has 0 aliphatic heterocycles. The molecular weight excluding hydrogens is 276 g/mol. The Morgan fingerprint density at radius 2 is 2.10 bits per heavy atom. The molecule has 0 fully saturated rings. The first-order chi connectivity index (χ1) is 9.38. The van der Waals surface area contributed by atoms with E-state index in [1.165, 1.54) is 0 Å². The van der Waals surface area contributed by atoms with Crippen LogP contribution in [0.15, 0.2) is 18.2 Å². The number of nitrogens with two attached hydrogens (primary N) is 1. The molecule has 0 radical (unpaired) electrons. The van der Waals surface area contributed by atoms with Crippen molar-refractivity contribution in [3.05, 3.63) is 45.7 Å². The average molecular weight is 293 g/mol. The fourth-order valence-electron chi connectivity index (χ4n) is 2.09. The molecule has 1 heterocycles. The fourth-order valence-corrected chi connectivity index (χ4v) is 2.33. The van der Waals surface area contributed by atoms with Gasteiger partial charge in [-0.05, 0) is 32.0 Å². The average Bonchev–Trinajstić information content (AvgIpc) is 2.60. The number of carbonyl (C=O) groups excluding carboxylic acids is 1. The molecule has 2 aromatic rings. The number of nitrogen functional groups attached to an aromatic ring is 1. The minimum atomic E-state index is -0.207. The quantitative estimate of drug-likeness (QED) is 0.852. The number of hydrogen-bond acceptors (Lipinski definition) is 3. The summed E-state index contributed by atoms with van der Waals surface area (Å²) in [5.74, 6) is -0.207. The van der Waals surface area contributed by atoms with Gasteiger partial charge in [0.1, 0.15) is 0 Å². The molecule has 106 valence electrons. The second-order valence-electron chi connectivity index (χ2n) is 4.73. The number of aryl methyl sites for hydroxylation is 2. The van der Waals surface area contributed by atoms with E-state index in [1.807, 2.05) is 20.9 Å². The van der Waals surface area contributed by atoms with Crippen LogP contribution < -0.4 is 11.1 Å². The molecule has 2 rings (SSSR count). The normalized spacial score (nSPS) is 10.6. The number of amides is 1. The first-order valence-electron chi connectivity index (χ1n) is 6.22. The van der Waals surface area contributed by atoms with E-state index in [1.54, 1.807) is 22.9 Å². The first kappa shape index (κ1) is 14.4. The van der Waals surface area contributed by atoms with E-state index in [9.17, 15) is 4.79 Å². The topological polar surface area (TPSA) is 72.9 Å². The first-order valence-corrected chi connectivity index (χ1v) is 6.59. The number of rotatable bonds is 3. The van der Waals surface area contributed by atoms with Crippen LogP contribution in [0.3, 0.4) is 0 Å². The second-order valence-corrected chi connectivity index (χ2v) is 5.17. The van der Waals surface area contributed by atoms with Gasteiger partial charge in [-0.25, -0.2) is 0 Å². The van der Waals surface area contributed by atoms with Crippen LogP contribution in [0.5, 0.6) is 0 Å². The van der Waals surface area contributed by atoms with Gasteiger partial charge in [-0.3, -0.25) is 9.48 Å². The summed E-state index contributed by atoms with van der Waals surface area (Å²) >= 11 is 5.89. The van der Waals surface area contributed by atoms with Crippen LogP contribution in [-0.4, -0.2) is 15.7 Å². The lowest BCUT2D eigenvalue weighted by atomic mass is 10.1. The molecule has 1 aromatic heterocycles. The van der Waals surface area contributed by atoms with Gasteiger partial charge in [-0.15, -0.1) is 0 Å². The lowest BCUT2D eigenvalue weighted by Crippen LogP contribution is -2.23. The zero-order chi connectivity index (χ0) is 14.9. The maximum absolute atomic E-state index is 12.1. The summed E-state index contributed by atoms with van der Waals surface area (Å²) in [6, 6.07) is 4.80. The summed E-state index contributed by atoms with van der Waals surface area (Å²) in [4.78, 5) is 12.1. The third-order valence-corrected chi connectivity index (χ3v) is 3.49. The number of carbonyl (C=O) groups is 1. The SMILES string of the molecule is Cc1nn(C)c(C)c1CNC(=O)c1cc(N)cc(Cl)c1. The number of benzene rings is 1. The van der Waals surface area contributed by atoms with Crippen molar-refractivity contribution in [2.24, 2.45) is 7.05 Å². The predicted octanol–water partition coefficient (Wildman–Crippen LogP) is 2.20. The van der Waals surface area contributed by atoms with Gasteiger partial charge < -0.3 is 11.1 Å². The third kappa shape index (κ3) is 2.93. The van der Waals surface area contributed by atoms with Crippen molar-refractivity contribution in [3.8, 4) is 0 Å². The number of anilines is 1. The number of nitrogens with one attached hydrogen (secondary N) is 1. The van der Waals surface area contributed by atoms with Gasteiger partial charge in [0.05, 0.1) is 5.69 Å². The van der Waals surface area contributed by atoms with Crippen molar-refractivity contribution in [3.63, 3.8) is 0 Å². The highest BCUT2D eigenvalue weighted by molar-refractivity contribution is 6.31. The highest BCUT2D eigenvalue weighted by Crippen LogP contribution is 2.17. The molecule has 0 bridgehead atoms. The Morgan fingerprint density at radius 3 is 2.65 bits per heavy atom. The molecule has 0 unspecified atom stereocenters. The summed E-state index contributed by atoms with van der Waals surface area (Å²) in [7, 11) is 1.88. The summed E-state index contributed by atoms with van der Waals surface area (Å²) in [6.07, 6.45) is 0. The molecule has 0 aliphatic rings. The van der Waals surface area contributed by atoms with Gasteiger partial charge >= 0.3 is 0 Å². The molecule has 0 saturated carbocycles. The Labute approximate surface area is 122 Å². The van der Waals surface area contributed by atoms with Crippen LogP contribution in [0.4, 0.5) is 5.69 Å². The summed E-state index contributed by atoms with van der Waals surface area (Å²) < 4.78 is 1.80. The summed E-state index contributed by atoms with van der Waals surface area (Å²) in [5.41, 5.74) is 9.57. The second kappa shape index (κ2) is 5.54. The van der Waals surface area contributed by atoms with Crippen LogP contribution in [0, 0.1) is 13.8 Å². The van der Waals surface area contributed by atoms with E-state index in [4.69, 9.17) is 17.3 Å². The molecule has 3 N–H and O–H groups in total. The largest absolute Gasteiger partial charge is 0.399 e. The molecule has 0 saturated heterocycles. The van der Waals surface area contributed by atoms with Gasteiger partial charge in [-0.1, -0.05) is 11.6 Å². The van der Waals surface area contributed by atoms with Crippen molar-refractivity contribution >= 4 is 23.2 Å². The van der Waals surface area contributed by atoms with Crippen LogP contribution in [-0.2, 0) is 13.6 Å². The highest BCUT2D eigenvalue weighted by atomic mass is 35.5. The van der Waals surface area contributed by atoms with Crippen molar-refractivity contribution < 1.29 is 4.79 Å². The summed E-state index contributed by atoms with van der Waals surface area (Å²) in [5, 5.41) is 7.62. The van der Waals surface area contributed by atoms with Crippen LogP contribution in [0.2, 0.25) is 5.02 Å². The van der Waals surface area contributed by atoms with E-state index in [0.717, 1.165) is 17.0 Å². The zero-order valence-electron chi connectivity index (χ0n) is 11.7. The monoisotopic (exact) mass is 292 g/mol. The maximum Gasteiger partial charge on any atom is 0.251 e. The van der Waals surface area contributed by atoms with Crippen molar-refractivity contribution in [1.29, 1.82) is 0 Å². The predicted molar refractivity (Wildman–Crippen MR) is 79.7 cm³/mol. The molecule has 5 nitrogen and oxygen atoms in total. The maximum atomic E-state index is 12.1. The van der Waals surface area contributed by atoms with E-state index in [0.29, 0.717) is 22.8 Å². The summed E-state index contributed by atoms with van der Waals surface area (Å²) in [6.45, 7) is 4.32. The van der Waals surface area contributed by atoms with Crippen LogP contribution in [0.25, 0.3) is 0 Å². The van der Waals surface area contributed by atoms with Gasteiger partial charge in [0.15, 0.2) is 0 Å². The van der Waals surface area contributed by atoms with Gasteiger partial charge in [0.2, 0.25) is 0 Å². The van der Waals surface area contributed by atoms with Crippen molar-refractivity contribution in [2.75, 3.05) is 5.73 Å². The van der Waals surface area contributed by atoms with Gasteiger partial charge in [0.25, 0.3) is 5.91 Å². The molecule has 20 heavy (non-hydrogen) atoms. The number of halogens is 1. The van der Waals surface area contributed by atoms with Crippen LogP contribution in [0.1, 0.15) is 27.3 Å². The lowest BCUT2D eigenvalue weighted by Gasteiger charge is -2.07. The zero-order valence-corrected chi connectivity index (χ0v) is 12.5. The Kier molecular flexibility index (Phi) is 3.99. The molecule has 0 aliphatic carbocycles. The number of hydrogen-bond donors (Lipinski definition) is 2. The van der Waals surface area contributed by atoms with Crippen LogP contribution >= 0.6 is 11.6 Å². The minimum Gasteiger partial charge on any atom is -0.399 e. The highest BCUT2D eigenvalue weighted by Gasteiger charge is 2.12. The van der Waals surface area contributed by atoms with Crippen molar-refractivity contribution in [1.82, 2.24) is 15.1 Å². The van der Waals surface area contributed by atoms with E-state index in [2.05, 4.69) is 10.4 Å². The smallest absolute Gasteiger partial charge is 0.251 e. The molecule has 1 aromatic carbocycles. The van der Waals surface area contributed by atoms with Gasteiger partial charge in [0, 0.05) is 41.1 Å². The van der Waals surface area contributed by atoms with E-state index >= 15 is 0 Å². The molecule has 6 heteroatoms. The fraction of sp³-hybridized carbons (Fsp3) is 0.286. The molecule has 1 amide bonds. The third-order valence-electron chi connectivity index (χ3n) is 3.27. The molecule has 0 atom stereocenters. The molecular formula is C14H17ClN4O. The Morgan fingerprint density at radius 1 is 1.40 bits per heavy atom. The minimum absolute atomic E-state index is 0.207. The van der Waals surface area contributed by atoms with E-state index in [-0.39, 0.29) is 5.91 Å². The van der Waals surface area contributed by atoms with Gasteiger partial charge in [-0.2, -0.15) is 5.10 Å². The molecule has 0 spiro atoms.